The van der Waals surface area contributed by atoms with Gasteiger partial charge in [0.05, 0.1) is 5.56 Å². The lowest BCUT2D eigenvalue weighted by Gasteiger charge is -2.12. The summed E-state index contributed by atoms with van der Waals surface area (Å²) in [5, 5.41) is 5.81. The highest BCUT2D eigenvalue weighted by Gasteiger charge is 2.30. The van der Waals surface area contributed by atoms with Crippen LogP contribution in [0.5, 0.6) is 0 Å². The largest absolute Gasteiger partial charge is 0.416 e. The lowest BCUT2D eigenvalue weighted by Crippen LogP contribution is -2.37. The molecule has 0 radical (unpaired) electrons. The van der Waals surface area contributed by atoms with Crippen LogP contribution in [-0.2, 0) is 28.5 Å². The smallest absolute Gasteiger partial charge is 0.375 e. The fourth-order valence-corrected chi connectivity index (χ4v) is 4.17. The van der Waals surface area contributed by atoms with Crippen LogP contribution >= 0.6 is 0 Å². The van der Waals surface area contributed by atoms with Crippen molar-refractivity contribution >= 4 is 17.5 Å². The van der Waals surface area contributed by atoms with Gasteiger partial charge in [-0.15, -0.1) is 0 Å². The Kier molecular flexibility index (Phi) is 6.70. The number of amides is 2. The van der Waals surface area contributed by atoms with Gasteiger partial charge in [0.2, 0.25) is 5.91 Å². The van der Waals surface area contributed by atoms with Gasteiger partial charge in [0.15, 0.2) is 0 Å². The number of anilines is 1. The molecule has 3 aromatic carbocycles. The van der Waals surface area contributed by atoms with Crippen LogP contribution in [0.3, 0.4) is 0 Å². The van der Waals surface area contributed by atoms with Gasteiger partial charge in [-0.2, -0.15) is 13.2 Å². The molecule has 0 spiro atoms. The van der Waals surface area contributed by atoms with Crippen LogP contribution in [-0.4, -0.2) is 31.6 Å². The van der Waals surface area contributed by atoms with Gasteiger partial charge >= 0.3 is 6.18 Å². The Morgan fingerprint density at radius 3 is 2.38 bits per heavy atom. The van der Waals surface area contributed by atoms with Gasteiger partial charge in [-0.25, -0.2) is 0 Å². The van der Waals surface area contributed by atoms with E-state index in [1.165, 1.54) is 19.2 Å². The fraction of sp³-hybridized carbons (Fsp3) is 0.231. The van der Waals surface area contributed by atoms with Crippen molar-refractivity contribution in [1.82, 2.24) is 5.32 Å². The Morgan fingerprint density at radius 1 is 0.971 bits per heavy atom. The van der Waals surface area contributed by atoms with Crippen molar-refractivity contribution in [3.05, 3.63) is 89.0 Å². The van der Waals surface area contributed by atoms with Gasteiger partial charge in [0.1, 0.15) is 6.61 Å². The zero-order valence-corrected chi connectivity index (χ0v) is 18.4. The van der Waals surface area contributed by atoms with Crippen molar-refractivity contribution in [2.45, 2.75) is 25.1 Å². The molecule has 0 aliphatic heterocycles. The van der Waals surface area contributed by atoms with Crippen molar-refractivity contribution in [3.63, 3.8) is 0 Å². The van der Waals surface area contributed by atoms with Crippen LogP contribution < -0.4 is 10.6 Å². The summed E-state index contributed by atoms with van der Waals surface area (Å²) in [5.41, 5.74) is 3.41. The minimum atomic E-state index is -4.42. The van der Waals surface area contributed by atoms with Crippen LogP contribution in [0, 0.1) is 0 Å². The number of ether oxygens (including phenoxy) is 1. The van der Waals surface area contributed by atoms with E-state index >= 15 is 0 Å². The number of hydrogen-bond donors (Lipinski definition) is 2. The minimum absolute atomic E-state index is 0.00644. The van der Waals surface area contributed by atoms with E-state index < -0.39 is 11.7 Å². The first-order valence-electron chi connectivity index (χ1n) is 10.7. The molecular weight excluding hydrogens is 445 g/mol. The summed E-state index contributed by atoms with van der Waals surface area (Å²) in [6.07, 6.45) is -3.07. The Bertz CT molecular complexity index is 1210. The molecule has 5 nitrogen and oxygen atoms in total. The topological polar surface area (TPSA) is 67.4 Å². The molecule has 0 bridgehead atoms. The molecule has 2 N–H and O–H groups in total. The van der Waals surface area contributed by atoms with Crippen molar-refractivity contribution in [2.24, 2.45) is 0 Å². The molecule has 8 heteroatoms. The molecular formula is C26H23F3N2O3. The molecule has 0 heterocycles. The predicted octanol–water partition coefficient (Wildman–Crippen LogP) is 4.85. The molecule has 4 rings (SSSR count). The first-order chi connectivity index (χ1) is 16.2. The fourth-order valence-electron chi connectivity index (χ4n) is 4.17. The zero-order chi connectivity index (χ0) is 24.3. The highest BCUT2D eigenvalue weighted by Crippen LogP contribution is 2.32. The third-order valence-corrected chi connectivity index (χ3v) is 5.73. The SMILES string of the molecule is COCC(=O)NC1Cc2ccc(NC(=O)c3ccccc3-c3ccc(C(F)(F)F)cc3)cc2C1. The summed E-state index contributed by atoms with van der Waals surface area (Å²) < 4.78 is 43.5. The van der Waals surface area contributed by atoms with E-state index in [9.17, 15) is 22.8 Å². The summed E-state index contributed by atoms with van der Waals surface area (Å²) >= 11 is 0. The van der Waals surface area contributed by atoms with E-state index in [-0.39, 0.29) is 24.5 Å². The minimum Gasteiger partial charge on any atom is -0.375 e. The molecule has 0 saturated carbocycles. The molecule has 3 aromatic rings. The molecule has 0 saturated heterocycles. The maximum Gasteiger partial charge on any atom is 0.416 e. The Hall–Kier alpha value is -3.65. The number of hydrogen-bond acceptors (Lipinski definition) is 3. The molecule has 2 amide bonds. The second-order valence-corrected chi connectivity index (χ2v) is 8.16. The first kappa shape index (κ1) is 23.5. The number of carbonyl (C=O) groups is 2. The van der Waals surface area contributed by atoms with Crippen LogP contribution in [0.15, 0.2) is 66.7 Å². The number of fused-ring (bicyclic) bond motifs is 1. The maximum absolute atomic E-state index is 13.1. The van der Waals surface area contributed by atoms with E-state index in [2.05, 4.69) is 10.6 Å². The molecule has 34 heavy (non-hydrogen) atoms. The molecule has 1 atom stereocenters. The lowest BCUT2D eigenvalue weighted by molar-refractivity contribution is -0.137. The van der Waals surface area contributed by atoms with Crippen LogP contribution in [0.4, 0.5) is 18.9 Å². The van der Waals surface area contributed by atoms with Crippen molar-refractivity contribution in [2.75, 3.05) is 19.0 Å². The Balaban J connectivity index is 1.49. The summed E-state index contributed by atoms with van der Waals surface area (Å²) in [4.78, 5) is 24.8. The second kappa shape index (κ2) is 9.69. The number of benzene rings is 3. The van der Waals surface area contributed by atoms with E-state index in [0.29, 0.717) is 35.2 Å². The zero-order valence-electron chi connectivity index (χ0n) is 18.4. The third-order valence-electron chi connectivity index (χ3n) is 5.73. The van der Waals surface area contributed by atoms with Crippen molar-refractivity contribution in [3.8, 4) is 11.1 Å². The second-order valence-electron chi connectivity index (χ2n) is 8.16. The van der Waals surface area contributed by atoms with E-state index in [4.69, 9.17) is 4.74 Å². The average Bonchev–Trinajstić information content (AvgIpc) is 3.20. The molecule has 0 fully saturated rings. The number of rotatable bonds is 6. The van der Waals surface area contributed by atoms with Gasteiger partial charge < -0.3 is 15.4 Å². The van der Waals surface area contributed by atoms with Crippen molar-refractivity contribution in [1.29, 1.82) is 0 Å². The highest BCUT2D eigenvalue weighted by molar-refractivity contribution is 6.08. The monoisotopic (exact) mass is 468 g/mol. The number of alkyl halides is 3. The van der Waals surface area contributed by atoms with Crippen LogP contribution in [0.25, 0.3) is 11.1 Å². The average molecular weight is 468 g/mol. The highest BCUT2D eigenvalue weighted by atomic mass is 19.4. The van der Waals surface area contributed by atoms with E-state index in [0.717, 1.165) is 23.3 Å². The molecule has 1 aliphatic carbocycles. The summed E-state index contributed by atoms with van der Waals surface area (Å²) in [6, 6.07) is 17.1. The van der Waals surface area contributed by atoms with Crippen LogP contribution in [0.2, 0.25) is 0 Å². The number of carbonyl (C=O) groups excluding carboxylic acids is 2. The summed E-state index contributed by atoms with van der Waals surface area (Å²) in [6.45, 7) is 0.00644. The third kappa shape index (κ3) is 5.28. The maximum atomic E-state index is 13.1. The Morgan fingerprint density at radius 2 is 1.68 bits per heavy atom. The summed E-state index contributed by atoms with van der Waals surface area (Å²) in [5.74, 6) is -0.535. The lowest BCUT2D eigenvalue weighted by atomic mass is 9.98. The standard InChI is InChI=1S/C26H23F3N2O3/c1-34-15-24(32)30-21-12-17-8-11-20(13-18(17)14-21)31-25(33)23-5-3-2-4-22(23)16-6-9-19(10-7-16)26(27,28)29/h2-11,13,21H,12,14-15H2,1H3,(H,30,32)(H,31,33). The quantitative estimate of drug-likeness (QED) is 0.543. The van der Waals surface area contributed by atoms with E-state index in [1.54, 1.807) is 30.3 Å². The van der Waals surface area contributed by atoms with Gasteiger partial charge in [-0.3, -0.25) is 9.59 Å². The molecule has 1 aliphatic rings. The van der Waals surface area contributed by atoms with Gasteiger partial charge in [-0.05, 0) is 65.4 Å². The van der Waals surface area contributed by atoms with Crippen molar-refractivity contribution < 1.29 is 27.5 Å². The van der Waals surface area contributed by atoms with E-state index in [1.807, 2.05) is 12.1 Å². The van der Waals surface area contributed by atoms with Gasteiger partial charge in [-0.1, -0.05) is 36.4 Å². The van der Waals surface area contributed by atoms with Gasteiger partial charge in [0.25, 0.3) is 5.91 Å². The summed E-state index contributed by atoms with van der Waals surface area (Å²) in [7, 11) is 1.47. The number of methoxy groups -OCH3 is 1. The molecule has 0 aromatic heterocycles. The number of nitrogens with one attached hydrogen (secondary N) is 2. The Labute approximate surface area is 194 Å². The van der Waals surface area contributed by atoms with Crippen LogP contribution in [0.1, 0.15) is 27.0 Å². The first-order valence-corrected chi connectivity index (χ1v) is 10.7. The number of halogens is 3. The predicted molar refractivity (Wildman–Crippen MR) is 122 cm³/mol. The molecule has 1 unspecified atom stereocenters. The normalized spacial score (nSPS) is 15.0. The molecule has 176 valence electrons. The van der Waals surface area contributed by atoms with Gasteiger partial charge in [0, 0.05) is 24.4 Å².